The summed E-state index contributed by atoms with van der Waals surface area (Å²) in [6.07, 6.45) is 13.3. The van der Waals surface area contributed by atoms with Crippen molar-refractivity contribution in [3.05, 3.63) is 0 Å². The Morgan fingerprint density at radius 3 is 1.74 bits per heavy atom. The fourth-order valence-corrected chi connectivity index (χ4v) is 4.92. The number of unbranched alkanes of at least 4 members (excludes halogenated alkanes) is 13. The molecular weight excluding hydrogens is 416 g/mol. The zero-order chi connectivity index (χ0) is 22.5. The van der Waals surface area contributed by atoms with Gasteiger partial charge in [-0.25, -0.2) is 0 Å². The molecule has 0 aromatic heterocycles. The second-order valence-corrected chi connectivity index (χ2v) is 9.46. The first kappa shape index (κ1) is 26.7. The number of hydrogen-bond acceptors (Lipinski definition) is 6. The largest absolute Gasteiger partial charge is 0.396 e. The molecule has 0 unspecified atom stereocenters. The monoisotopic (exact) mass is 460 g/mol. The van der Waals surface area contributed by atoms with Crippen LogP contribution in [0.15, 0.2) is 0 Å². The molecule has 5 atom stereocenters. The number of aliphatic hydroxyl groups is 4. The normalized spacial score (nSPS) is 27.6. The third-order valence-corrected chi connectivity index (χ3v) is 6.91. The first-order chi connectivity index (χ1) is 15.1. The molecule has 2 aliphatic heterocycles. The van der Waals surface area contributed by atoms with E-state index in [0.717, 1.165) is 25.8 Å². The van der Waals surface area contributed by atoms with Gasteiger partial charge >= 0.3 is 0 Å². The maximum Gasteiger partial charge on any atom is 0.171 e. The SMILES string of the molecule is OCCCCCCCCCCCCCCCCNC(=S)N1[C@@H]2OC[C@H]1[C@@H](O)[C@H](O)[C@H]2O. The van der Waals surface area contributed by atoms with Gasteiger partial charge in [-0.05, 0) is 25.1 Å². The van der Waals surface area contributed by atoms with Gasteiger partial charge in [-0.3, -0.25) is 0 Å². The van der Waals surface area contributed by atoms with E-state index >= 15 is 0 Å². The molecule has 0 spiro atoms. The lowest BCUT2D eigenvalue weighted by Crippen LogP contribution is -2.65. The molecule has 0 aromatic rings. The number of ether oxygens (including phenoxy) is 1. The maximum absolute atomic E-state index is 10.1. The lowest BCUT2D eigenvalue weighted by molar-refractivity contribution is -0.154. The summed E-state index contributed by atoms with van der Waals surface area (Å²) in [6, 6.07) is -0.408. The number of piperidine rings is 1. The lowest BCUT2D eigenvalue weighted by Gasteiger charge is -2.42. The summed E-state index contributed by atoms with van der Waals surface area (Å²) in [5.41, 5.74) is 0. The van der Waals surface area contributed by atoms with Crippen LogP contribution >= 0.6 is 12.2 Å². The molecule has 182 valence electrons. The number of rotatable bonds is 16. The molecule has 5 N–H and O–H groups in total. The van der Waals surface area contributed by atoms with Crippen molar-refractivity contribution in [2.45, 2.75) is 120 Å². The van der Waals surface area contributed by atoms with Crippen LogP contribution in [0.25, 0.3) is 0 Å². The fourth-order valence-electron chi connectivity index (χ4n) is 4.58. The number of nitrogens with one attached hydrogen (secondary N) is 1. The van der Waals surface area contributed by atoms with Gasteiger partial charge in [-0.1, -0.05) is 77.0 Å². The van der Waals surface area contributed by atoms with Crippen molar-refractivity contribution in [3.63, 3.8) is 0 Å². The molecule has 2 fully saturated rings. The van der Waals surface area contributed by atoms with Crippen molar-refractivity contribution in [2.24, 2.45) is 0 Å². The summed E-state index contributed by atoms with van der Waals surface area (Å²) in [4.78, 5) is 1.70. The lowest BCUT2D eigenvalue weighted by atomic mass is 9.95. The third kappa shape index (κ3) is 8.74. The van der Waals surface area contributed by atoms with E-state index in [-0.39, 0.29) is 6.61 Å². The van der Waals surface area contributed by atoms with Crippen molar-refractivity contribution in [2.75, 3.05) is 19.8 Å². The summed E-state index contributed by atoms with van der Waals surface area (Å²) < 4.78 is 5.52. The molecule has 2 heterocycles. The highest BCUT2D eigenvalue weighted by molar-refractivity contribution is 7.80. The molecule has 0 aliphatic carbocycles. The Morgan fingerprint density at radius 2 is 1.23 bits per heavy atom. The number of hydrogen-bond donors (Lipinski definition) is 5. The standard InChI is InChI=1S/C23H44N2O5S/c26-16-14-12-10-8-6-4-2-1-3-5-7-9-11-13-15-24-23(31)25-18-17-30-22(25)21(29)20(28)19(18)27/h18-22,26-29H,1-17H2,(H,24,31)/t18-,19+,20-,21+,22+/m0/s1. The molecule has 2 saturated heterocycles. The number of aliphatic hydroxyl groups excluding tert-OH is 4. The molecular formula is C23H44N2O5S. The topological polar surface area (TPSA) is 105 Å². The van der Waals surface area contributed by atoms with Crippen LogP contribution in [0.3, 0.4) is 0 Å². The van der Waals surface area contributed by atoms with Crippen LogP contribution < -0.4 is 5.32 Å². The predicted octanol–water partition coefficient (Wildman–Crippen LogP) is 2.44. The summed E-state index contributed by atoms with van der Waals surface area (Å²) in [5, 5.41) is 42.6. The van der Waals surface area contributed by atoms with Gasteiger partial charge in [0, 0.05) is 13.2 Å². The summed E-state index contributed by atoms with van der Waals surface area (Å²) in [6.45, 7) is 1.36. The average molecular weight is 461 g/mol. The van der Waals surface area contributed by atoms with Crippen LogP contribution in [0.2, 0.25) is 0 Å². The summed E-state index contributed by atoms with van der Waals surface area (Å²) in [5.74, 6) is 0. The minimum atomic E-state index is -1.20. The van der Waals surface area contributed by atoms with E-state index in [0.29, 0.717) is 11.7 Å². The highest BCUT2D eigenvalue weighted by Crippen LogP contribution is 2.31. The van der Waals surface area contributed by atoms with Gasteiger partial charge in [-0.15, -0.1) is 0 Å². The molecule has 0 radical (unpaired) electrons. The van der Waals surface area contributed by atoms with E-state index < -0.39 is 30.6 Å². The third-order valence-electron chi connectivity index (χ3n) is 6.55. The first-order valence-corrected chi connectivity index (χ1v) is 12.8. The van der Waals surface area contributed by atoms with Crippen LogP contribution in [0.4, 0.5) is 0 Å². The van der Waals surface area contributed by atoms with E-state index in [9.17, 15) is 15.3 Å². The quantitative estimate of drug-likeness (QED) is 0.177. The van der Waals surface area contributed by atoms with Gasteiger partial charge < -0.3 is 35.4 Å². The van der Waals surface area contributed by atoms with Crippen molar-refractivity contribution >= 4 is 17.3 Å². The molecule has 2 bridgehead atoms. The van der Waals surface area contributed by atoms with Gasteiger partial charge in [-0.2, -0.15) is 0 Å². The summed E-state index contributed by atoms with van der Waals surface area (Å²) in [7, 11) is 0. The highest BCUT2D eigenvalue weighted by atomic mass is 32.1. The predicted molar refractivity (Wildman–Crippen MR) is 126 cm³/mol. The second-order valence-electron chi connectivity index (χ2n) is 9.08. The van der Waals surface area contributed by atoms with Crippen molar-refractivity contribution in [1.29, 1.82) is 0 Å². The molecule has 0 saturated carbocycles. The van der Waals surface area contributed by atoms with E-state index in [4.69, 9.17) is 22.1 Å². The minimum Gasteiger partial charge on any atom is -0.396 e. The van der Waals surface area contributed by atoms with E-state index in [1.165, 1.54) is 70.6 Å². The van der Waals surface area contributed by atoms with Crippen LogP contribution in [-0.4, -0.2) is 80.8 Å². The van der Waals surface area contributed by atoms with E-state index in [2.05, 4.69) is 5.32 Å². The zero-order valence-corrected chi connectivity index (χ0v) is 19.8. The molecule has 2 aliphatic rings. The average Bonchev–Trinajstić information content (AvgIpc) is 3.18. The Labute approximate surface area is 193 Å². The van der Waals surface area contributed by atoms with E-state index in [1.807, 2.05) is 0 Å². The van der Waals surface area contributed by atoms with Crippen LogP contribution in [0.1, 0.15) is 89.9 Å². The van der Waals surface area contributed by atoms with Gasteiger partial charge in [0.25, 0.3) is 0 Å². The Bertz CT molecular complexity index is 481. The zero-order valence-electron chi connectivity index (χ0n) is 19.0. The molecule has 7 nitrogen and oxygen atoms in total. The van der Waals surface area contributed by atoms with Gasteiger partial charge in [0.2, 0.25) is 0 Å². The number of thiocarbonyl (C=S) groups is 1. The Morgan fingerprint density at radius 1 is 0.742 bits per heavy atom. The number of fused-ring (bicyclic) bond motifs is 2. The summed E-state index contributed by atoms with van der Waals surface area (Å²) >= 11 is 5.44. The second kappa shape index (κ2) is 15.3. The minimum absolute atomic E-state index is 0.256. The highest BCUT2D eigenvalue weighted by Gasteiger charge is 2.53. The Hall–Kier alpha value is -0.510. The molecule has 0 amide bonds. The molecule has 31 heavy (non-hydrogen) atoms. The Kier molecular flexibility index (Phi) is 13.2. The van der Waals surface area contributed by atoms with Gasteiger partial charge in [0.05, 0.1) is 12.6 Å². The number of nitrogens with zero attached hydrogens (tertiary/aromatic N) is 1. The van der Waals surface area contributed by atoms with Crippen molar-refractivity contribution < 1.29 is 25.2 Å². The van der Waals surface area contributed by atoms with Crippen LogP contribution in [-0.2, 0) is 4.74 Å². The molecule has 8 heteroatoms. The van der Waals surface area contributed by atoms with Gasteiger partial charge in [0.15, 0.2) is 11.3 Å². The van der Waals surface area contributed by atoms with Gasteiger partial charge in [0.1, 0.15) is 18.3 Å². The smallest absolute Gasteiger partial charge is 0.171 e. The molecule has 0 aromatic carbocycles. The van der Waals surface area contributed by atoms with Crippen LogP contribution in [0.5, 0.6) is 0 Å². The van der Waals surface area contributed by atoms with E-state index in [1.54, 1.807) is 4.90 Å². The molecule has 2 rings (SSSR count). The maximum atomic E-state index is 10.1. The Balaban J connectivity index is 1.40. The fraction of sp³-hybridized carbons (Fsp3) is 0.957. The van der Waals surface area contributed by atoms with Crippen molar-refractivity contribution in [3.8, 4) is 0 Å². The first-order valence-electron chi connectivity index (χ1n) is 12.4. The van der Waals surface area contributed by atoms with Crippen molar-refractivity contribution in [1.82, 2.24) is 10.2 Å². The van der Waals surface area contributed by atoms with Crippen LogP contribution in [0, 0.1) is 0 Å².